The van der Waals surface area contributed by atoms with E-state index in [0.29, 0.717) is 17.1 Å². The molecule has 0 aliphatic rings. The molecule has 0 fully saturated rings. The van der Waals surface area contributed by atoms with Crippen LogP contribution in [0.3, 0.4) is 0 Å². The van der Waals surface area contributed by atoms with Crippen molar-refractivity contribution in [3.63, 3.8) is 0 Å². The summed E-state index contributed by atoms with van der Waals surface area (Å²) in [5.74, 6) is 0.0777. The van der Waals surface area contributed by atoms with E-state index in [1.54, 1.807) is 0 Å². The molecular weight excluding hydrogens is 284 g/mol. The average Bonchev–Trinajstić information content (AvgIpc) is 2.78. The van der Waals surface area contributed by atoms with Crippen LogP contribution in [0.4, 0.5) is 10.8 Å². The highest BCUT2D eigenvalue weighted by Crippen LogP contribution is 2.27. The van der Waals surface area contributed by atoms with E-state index in [2.05, 4.69) is 34.1 Å². The zero-order chi connectivity index (χ0) is 15.4. The number of aryl methyl sites for hydroxylation is 1. The SMILES string of the molecule is Cc1ccccc1CNc1snc(N)c1C(=O)NC(C)C. The Kier molecular flexibility index (Phi) is 4.80. The van der Waals surface area contributed by atoms with Gasteiger partial charge in [0, 0.05) is 12.6 Å². The first kappa shape index (κ1) is 15.3. The van der Waals surface area contributed by atoms with Gasteiger partial charge in [0.25, 0.3) is 5.91 Å². The molecule has 1 amide bonds. The largest absolute Gasteiger partial charge is 0.382 e. The summed E-state index contributed by atoms with van der Waals surface area (Å²) in [7, 11) is 0. The van der Waals surface area contributed by atoms with E-state index in [0.717, 1.165) is 0 Å². The molecule has 1 aromatic heterocycles. The molecule has 2 aromatic rings. The van der Waals surface area contributed by atoms with E-state index in [4.69, 9.17) is 5.73 Å². The second-order valence-electron chi connectivity index (χ2n) is 5.18. The molecule has 0 bridgehead atoms. The minimum atomic E-state index is -0.191. The van der Waals surface area contributed by atoms with E-state index in [9.17, 15) is 4.79 Å². The summed E-state index contributed by atoms with van der Waals surface area (Å²) in [6.07, 6.45) is 0. The number of nitrogen functional groups attached to an aromatic ring is 1. The first-order chi connectivity index (χ1) is 9.99. The zero-order valence-electron chi connectivity index (χ0n) is 12.4. The predicted molar refractivity (Wildman–Crippen MR) is 87.6 cm³/mol. The molecule has 112 valence electrons. The van der Waals surface area contributed by atoms with Crippen LogP contribution in [0, 0.1) is 6.92 Å². The second-order valence-corrected chi connectivity index (χ2v) is 5.95. The molecule has 0 saturated carbocycles. The van der Waals surface area contributed by atoms with Crippen LogP contribution in [0.25, 0.3) is 0 Å². The van der Waals surface area contributed by atoms with Gasteiger partial charge in [0.2, 0.25) is 0 Å². The van der Waals surface area contributed by atoms with E-state index >= 15 is 0 Å². The predicted octanol–water partition coefficient (Wildman–Crippen LogP) is 2.78. The third-order valence-electron chi connectivity index (χ3n) is 3.07. The molecule has 0 radical (unpaired) electrons. The highest BCUT2D eigenvalue weighted by Gasteiger charge is 2.19. The summed E-state index contributed by atoms with van der Waals surface area (Å²) in [5.41, 5.74) is 8.63. The van der Waals surface area contributed by atoms with Gasteiger partial charge in [0.1, 0.15) is 10.6 Å². The maximum Gasteiger partial charge on any atom is 0.258 e. The normalized spacial score (nSPS) is 10.7. The quantitative estimate of drug-likeness (QED) is 0.793. The summed E-state index contributed by atoms with van der Waals surface area (Å²) in [4.78, 5) is 12.2. The fourth-order valence-electron chi connectivity index (χ4n) is 1.96. The Labute approximate surface area is 128 Å². The van der Waals surface area contributed by atoms with Crippen molar-refractivity contribution in [3.8, 4) is 0 Å². The number of benzene rings is 1. The molecule has 0 unspecified atom stereocenters. The Hall–Kier alpha value is -2.08. The van der Waals surface area contributed by atoms with Crippen LogP contribution in [0.15, 0.2) is 24.3 Å². The number of amides is 1. The van der Waals surface area contributed by atoms with Crippen molar-refractivity contribution in [2.45, 2.75) is 33.4 Å². The average molecular weight is 304 g/mol. The van der Waals surface area contributed by atoms with E-state index < -0.39 is 0 Å². The number of carbonyl (C=O) groups is 1. The van der Waals surface area contributed by atoms with Crippen LogP contribution < -0.4 is 16.4 Å². The molecule has 21 heavy (non-hydrogen) atoms. The van der Waals surface area contributed by atoms with Gasteiger partial charge >= 0.3 is 0 Å². The maximum absolute atomic E-state index is 12.2. The summed E-state index contributed by atoms with van der Waals surface area (Å²) < 4.78 is 4.08. The van der Waals surface area contributed by atoms with Crippen molar-refractivity contribution in [1.82, 2.24) is 9.69 Å². The number of hydrogen-bond donors (Lipinski definition) is 3. The van der Waals surface area contributed by atoms with Gasteiger partial charge in [0.05, 0.1) is 0 Å². The van der Waals surface area contributed by atoms with Crippen molar-refractivity contribution in [1.29, 1.82) is 0 Å². The summed E-state index contributed by atoms with van der Waals surface area (Å²) >= 11 is 1.21. The molecule has 4 N–H and O–H groups in total. The van der Waals surface area contributed by atoms with Crippen molar-refractivity contribution in [3.05, 3.63) is 41.0 Å². The number of nitrogens with zero attached hydrogens (tertiary/aromatic N) is 1. The van der Waals surface area contributed by atoms with Crippen molar-refractivity contribution >= 4 is 28.3 Å². The van der Waals surface area contributed by atoms with Crippen LogP contribution in [-0.4, -0.2) is 16.3 Å². The Bertz CT molecular complexity index is 636. The molecule has 0 aliphatic carbocycles. The second kappa shape index (κ2) is 6.58. The summed E-state index contributed by atoms with van der Waals surface area (Å²) in [6.45, 7) is 6.52. The minimum absolute atomic E-state index is 0.0565. The number of nitrogens with two attached hydrogens (primary N) is 1. The molecule has 5 nitrogen and oxygen atoms in total. The summed E-state index contributed by atoms with van der Waals surface area (Å²) in [6, 6.07) is 8.18. The van der Waals surface area contributed by atoms with Crippen LogP contribution >= 0.6 is 11.5 Å². The molecule has 1 aromatic carbocycles. The topological polar surface area (TPSA) is 80.0 Å². The minimum Gasteiger partial charge on any atom is -0.382 e. The fourth-order valence-corrected chi connectivity index (χ4v) is 2.67. The molecular formula is C15H20N4OS. The van der Waals surface area contributed by atoms with Gasteiger partial charge in [-0.2, -0.15) is 4.37 Å². The molecule has 0 spiro atoms. The smallest absolute Gasteiger partial charge is 0.258 e. The lowest BCUT2D eigenvalue weighted by molar-refractivity contribution is 0.0945. The summed E-state index contributed by atoms with van der Waals surface area (Å²) in [5, 5.41) is 6.81. The highest BCUT2D eigenvalue weighted by atomic mass is 32.1. The van der Waals surface area contributed by atoms with Gasteiger partial charge in [-0.25, -0.2) is 0 Å². The lowest BCUT2D eigenvalue weighted by atomic mass is 10.1. The molecule has 1 heterocycles. The third kappa shape index (κ3) is 3.72. The molecule has 2 rings (SSSR count). The Morgan fingerprint density at radius 3 is 2.76 bits per heavy atom. The van der Waals surface area contributed by atoms with Gasteiger partial charge in [-0.3, -0.25) is 4.79 Å². The van der Waals surface area contributed by atoms with E-state index in [1.165, 1.54) is 22.7 Å². The molecule has 0 aliphatic heterocycles. The lowest BCUT2D eigenvalue weighted by Gasteiger charge is -2.11. The standard InChI is InChI=1S/C15H20N4OS/c1-9(2)18-14(20)12-13(16)19-21-15(12)17-8-11-7-5-4-6-10(11)3/h4-7,9,17H,8H2,1-3H3,(H2,16,19)(H,18,20). The molecule has 0 saturated heterocycles. The third-order valence-corrected chi connectivity index (χ3v) is 3.88. The number of rotatable bonds is 5. The van der Waals surface area contributed by atoms with Crippen molar-refractivity contribution in [2.75, 3.05) is 11.1 Å². The molecule has 0 atom stereocenters. The van der Waals surface area contributed by atoms with E-state index in [1.807, 2.05) is 26.0 Å². The lowest BCUT2D eigenvalue weighted by Crippen LogP contribution is -2.30. The van der Waals surface area contributed by atoms with Crippen LogP contribution in [-0.2, 0) is 6.54 Å². The highest BCUT2D eigenvalue weighted by molar-refractivity contribution is 7.11. The van der Waals surface area contributed by atoms with Gasteiger partial charge < -0.3 is 16.4 Å². The van der Waals surface area contributed by atoms with Crippen LogP contribution in [0.5, 0.6) is 0 Å². The van der Waals surface area contributed by atoms with Crippen LogP contribution in [0.1, 0.15) is 35.3 Å². The van der Waals surface area contributed by atoms with E-state index in [-0.39, 0.29) is 17.8 Å². The van der Waals surface area contributed by atoms with Gasteiger partial charge in [-0.05, 0) is 43.4 Å². The zero-order valence-corrected chi connectivity index (χ0v) is 13.3. The Balaban J connectivity index is 2.14. The number of carbonyl (C=O) groups excluding carboxylic acids is 1. The van der Waals surface area contributed by atoms with Gasteiger partial charge in [0.15, 0.2) is 5.82 Å². The van der Waals surface area contributed by atoms with Crippen LogP contribution in [0.2, 0.25) is 0 Å². The Morgan fingerprint density at radius 2 is 2.10 bits per heavy atom. The number of nitrogens with one attached hydrogen (secondary N) is 2. The first-order valence-corrected chi connectivity index (χ1v) is 7.60. The monoisotopic (exact) mass is 304 g/mol. The van der Waals surface area contributed by atoms with Gasteiger partial charge in [-0.1, -0.05) is 24.3 Å². The molecule has 6 heteroatoms. The fraction of sp³-hybridized carbons (Fsp3) is 0.333. The number of hydrogen-bond acceptors (Lipinski definition) is 5. The number of aromatic nitrogens is 1. The van der Waals surface area contributed by atoms with Gasteiger partial charge in [-0.15, -0.1) is 0 Å². The Morgan fingerprint density at radius 1 is 1.38 bits per heavy atom. The van der Waals surface area contributed by atoms with Crippen molar-refractivity contribution < 1.29 is 4.79 Å². The maximum atomic E-state index is 12.2. The number of anilines is 2. The first-order valence-electron chi connectivity index (χ1n) is 6.83. The van der Waals surface area contributed by atoms with Crippen molar-refractivity contribution in [2.24, 2.45) is 0 Å².